The van der Waals surface area contributed by atoms with Crippen LogP contribution in [0.4, 0.5) is 8.78 Å². The van der Waals surface area contributed by atoms with E-state index in [-0.39, 0.29) is 35.2 Å². The van der Waals surface area contributed by atoms with Crippen molar-refractivity contribution in [2.24, 2.45) is 17.4 Å². The van der Waals surface area contributed by atoms with Gasteiger partial charge in [0.2, 0.25) is 0 Å². The Morgan fingerprint density at radius 3 is 1.80 bits per heavy atom. The molecule has 6 N–H and O–H groups in total. The smallest absolute Gasteiger partial charge is 0.137 e. The molecule has 0 amide bonds. The van der Waals surface area contributed by atoms with Gasteiger partial charge in [0.15, 0.2) is 0 Å². The van der Waals surface area contributed by atoms with Crippen molar-refractivity contribution in [2.75, 3.05) is 32.8 Å². The Hall–Kier alpha value is -2.91. The van der Waals surface area contributed by atoms with Gasteiger partial charge in [-0.15, -0.1) is 12.4 Å². The highest BCUT2D eigenvalue weighted by Crippen LogP contribution is 2.23. The highest BCUT2D eigenvalue weighted by Gasteiger charge is 2.18. The van der Waals surface area contributed by atoms with Crippen LogP contribution in [0.3, 0.4) is 0 Å². The lowest BCUT2D eigenvalue weighted by atomic mass is 9.92. The van der Waals surface area contributed by atoms with Crippen LogP contribution < -0.4 is 20.9 Å². The van der Waals surface area contributed by atoms with Gasteiger partial charge in [0.1, 0.15) is 34.8 Å². The lowest BCUT2D eigenvalue weighted by Crippen LogP contribution is -2.35. The van der Waals surface area contributed by atoms with E-state index in [0.717, 1.165) is 51.7 Å². The number of rotatable bonds is 12. The molecule has 0 aliphatic carbocycles. The summed E-state index contributed by atoms with van der Waals surface area (Å²) in [6, 6.07) is 8.74. The molecule has 35 heavy (non-hydrogen) atoms. The second-order valence-corrected chi connectivity index (χ2v) is 8.59. The second kappa shape index (κ2) is 13.8. The van der Waals surface area contributed by atoms with Crippen LogP contribution in [0.2, 0.25) is 0 Å². The molecule has 10 heteroatoms. The van der Waals surface area contributed by atoms with Crippen LogP contribution in [0.5, 0.6) is 11.5 Å². The molecule has 0 aromatic heterocycles. The maximum absolute atomic E-state index is 13.9. The van der Waals surface area contributed by atoms with Crippen molar-refractivity contribution < 1.29 is 18.3 Å². The number of nitrogens with zero attached hydrogens (tertiary/aromatic N) is 1. The number of nitrogen functional groups attached to an aromatic ring is 2. The molecule has 2 aromatic rings. The fraction of sp³-hybridized carbons (Fsp3) is 0.440. The van der Waals surface area contributed by atoms with Crippen molar-refractivity contribution in [3.8, 4) is 11.5 Å². The molecule has 0 saturated carbocycles. The molecule has 1 aliphatic heterocycles. The summed E-state index contributed by atoms with van der Waals surface area (Å²) in [5, 5.41) is 14.6. The van der Waals surface area contributed by atoms with E-state index in [1.807, 2.05) is 0 Å². The second-order valence-electron chi connectivity index (χ2n) is 8.59. The first-order valence-electron chi connectivity index (χ1n) is 11.6. The predicted molar refractivity (Wildman–Crippen MR) is 136 cm³/mol. The number of nitrogens with one attached hydrogen (secondary N) is 2. The molecule has 3 rings (SSSR count). The fourth-order valence-electron chi connectivity index (χ4n) is 4.15. The number of ether oxygens (including phenoxy) is 2. The molecular formula is C25H34ClF2N5O2. The summed E-state index contributed by atoms with van der Waals surface area (Å²) in [4.78, 5) is 2.43. The lowest BCUT2D eigenvalue weighted by Gasteiger charge is -2.32. The maximum atomic E-state index is 13.9. The summed E-state index contributed by atoms with van der Waals surface area (Å²) >= 11 is 0. The highest BCUT2D eigenvalue weighted by atomic mass is 35.5. The number of piperidine rings is 1. The molecule has 0 bridgehead atoms. The van der Waals surface area contributed by atoms with Gasteiger partial charge in [0.05, 0.1) is 24.3 Å². The minimum Gasteiger partial charge on any atom is -0.493 e. The van der Waals surface area contributed by atoms with Crippen LogP contribution in [0.1, 0.15) is 43.2 Å². The maximum Gasteiger partial charge on any atom is 0.137 e. The SMILES string of the molecule is Cl.N=C(N)c1ccc(OCCCC2CCN(CCCOc3ccc(C(=N)N)c(F)c3)CC2)cc1F. The fourth-order valence-corrected chi connectivity index (χ4v) is 4.15. The molecule has 7 nitrogen and oxygen atoms in total. The third-order valence-electron chi connectivity index (χ3n) is 6.08. The first-order chi connectivity index (χ1) is 16.3. The number of nitrogens with two attached hydrogens (primary N) is 2. The number of hydrogen-bond donors (Lipinski definition) is 4. The highest BCUT2D eigenvalue weighted by molar-refractivity contribution is 5.95. The van der Waals surface area contributed by atoms with E-state index < -0.39 is 11.6 Å². The van der Waals surface area contributed by atoms with E-state index in [1.165, 1.54) is 24.3 Å². The van der Waals surface area contributed by atoms with Crippen molar-refractivity contribution in [1.82, 2.24) is 4.90 Å². The predicted octanol–water partition coefficient (Wildman–Crippen LogP) is 4.29. The van der Waals surface area contributed by atoms with E-state index in [9.17, 15) is 8.78 Å². The van der Waals surface area contributed by atoms with Crippen molar-refractivity contribution in [1.29, 1.82) is 10.8 Å². The van der Waals surface area contributed by atoms with Crippen LogP contribution in [-0.2, 0) is 0 Å². The Morgan fingerprint density at radius 2 is 1.34 bits per heavy atom. The van der Waals surface area contributed by atoms with Gasteiger partial charge in [-0.25, -0.2) is 8.78 Å². The monoisotopic (exact) mass is 509 g/mol. The van der Waals surface area contributed by atoms with Gasteiger partial charge in [-0.2, -0.15) is 0 Å². The van der Waals surface area contributed by atoms with Gasteiger partial charge >= 0.3 is 0 Å². The normalized spacial score (nSPS) is 14.2. The quantitative estimate of drug-likeness (QED) is 0.193. The Kier molecular flexibility index (Phi) is 11.2. The van der Waals surface area contributed by atoms with E-state index in [2.05, 4.69) is 4.90 Å². The van der Waals surface area contributed by atoms with Crippen LogP contribution in [-0.4, -0.2) is 49.4 Å². The minimum atomic E-state index is -0.546. The van der Waals surface area contributed by atoms with E-state index in [1.54, 1.807) is 12.1 Å². The molecule has 1 fully saturated rings. The van der Waals surface area contributed by atoms with Crippen molar-refractivity contribution in [2.45, 2.75) is 32.1 Å². The Balaban J connectivity index is 0.00000432. The molecule has 2 aromatic carbocycles. The van der Waals surface area contributed by atoms with Crippen molar-refractivity contribution in [3.63, 3.8) is 0 Å². The zero-order valence-corrected chi connectivity index (χ0v) is 20.5. The third kappa shape index (κ3) is 8.67. The minimum absolute atomic E-state index is 0. The number of benzene rings is 2. The van der Waals surface area contributed by atoms with Gasteiger partial charge in [0.25, 0.3) is 0 Å². The Labute approximate surface area is 211 Å². The molecule has 192 valence electrons. The first kappa shape index (κ1) is 28.3. The summed E-state index contributed by atoms with van der Waals surface area (Å²) in [5.74, 6) is -0.111. The van der Waals surface area contributed by atoms with Crippen LogP contribution in [0.15, 0.2) is 36.4 Å². The average Bonchev–Trinajstić information content (AvgIpc) is 2.80. The molecule has 1 aliphatic rings. The summed E-state index contributed by atoms with van der Waals surface area (Å²) < 4.78 is 39.0. The number of halogens is 3. The Morgan fingerprint density at radius 1 is 0.857 bits per heavy atom. The van der Waals surface area contributed by atoms with Crippen LogP contribution in [0, 0.1) is 28.4 Å². The van der Waals surface area contributed by atoms with Gasteiger partial charge in [0, 0.05) is 18.7 Å². The summed E-state index contributed by atoms with van der Waals surface area (Å²) in [5.41, 5.74) is 10.8. The summed E-state index contributed by atoms with van der Waals surface area (Å²) in [6.45, 7) is 4.07. The lowest BCUT2D eigenvalue weighted by molar-refractivity contribution is 0.161. The molecule has 0 radical (unpaired) electrons. The molecule has 1 heterocycles. The standard InChI is InChI=1S/C25H33F2N5O2.ClH/c26-22-15-18(4-6-20(22)24(28)29)33-13-1-3-17-8-11-32(12-9-17)10-2-14-34-19-5-7-21(25(30)31)23(27)16-19;/h4-7,15-17H,1-3,8-14H2,(H3,28,29)(H3,30,31);1H. The third-order valence-corrected chi connectivity index (χ3v) is 6.08. The van der Waals surface area contributed by atoms with E-state index in [0.29, 0.717) is 30.6 Å². The van der Waals surface area contributed by atoms with E-state index in [4.69, 9.17) is 31.8 Å². The van der Waals surface area contributed by atoms with Crippen molar-refractivity contribution >= 4 is 24.1 Å². The number of likely N-dealkylation sites (tertiary alicyclic amines) is 1. The first-order valence-corrected chi connectivity index (χ1v) is 11.6. The number of hydrogen-bond acceptors (Lipinski definition) is 5. The zero-order valence-electron chi connectivity index (χ0n) is 19.7. The van der Waals surface area contributed by atoms with Gasteiger partial charge in [-0.1, -0.05) is 0 Å². The summed E-state index contributed by atoms with van der Waals surface area (Å²) in [7, 11) is 0. The van der Waals surface area contributed by atoms with Crippen LogP contribution in [0.25, 0.3) is 0 Å². The Bertz CT molecular complexity index is 920. The zero-order chi connectivity index (χ0) is 24.5. The van der Waals surface area contributed by atoms with Gasteiger partial charge in [-0.3, -0.25) is 10.8 Å². The largest absolute Gasteiger partial charge is 0.493 e. The molecule has 0 unspecified atom stereocenters. The molecular weight excluding hydrogens is 476 g/mol. The molecule has 0 spiro atoms. The number of amidine groups is 2. The van der Waals surface area contributed by atoms with E-state index >= 15 is 0 Å². The molecule has 0 atom stereocenters. The molecule has 1 saturated heterocycles. The average molecular weight is 510 g/mol. The van der Waals surface area contributed by atoms with Crippen molar-refractivity contribution in [3.05, 3.63) is 59.2 Å². The summed E-state index contributed by atoms with van der Waals surface area (Å²) in [6.07, 6.45) is 5.12. The van der Waals surface area contributed by atoms with Gasteiger partial charge < -0.3 is 25.8 Å². The van der Waals surface area contributed by atoms with Crippen LogP contribution >= 0.6 is 12.4 Å². The van der Waals surface area contributed by atoms with Gasteiger partial charge in [-0.05, 0) is 75.4 Å². The topological polar surface area (TPSA) is 121 Å².